The fourth-order valence-corrected chi connectivity index (χ4v) is 0. The fraction of sp³-hybridized carbons (Fsp3) is 0. The van der Waals surface area contributed by atoms with Crippen LogP contribution in [0.1, 0.15) is 0 Å². The van der Waals surface area contributed by atoms with Crippen LogP contribution in [0.3, 0.4) is 0 Å². The molecule has 0 aliphatic rings. The summed E-state index contributed by atoms with van der Waals surface area (Å²) in [5.41, 5.74) is 0. The fourth-order valence-electron chi connectivity index (χ4n) is 0. The third-order valence-corrected chi connectivity index (χ3v) is 0. The van der Waals surface area contributed by atoms with Crippen LogP contribution in [0.5, 0.6) is 0 Å². The van der Waals surface area contributed by atoms with Gasteiger partial charge in [-0.1, -0.05) is 0 Å². The van der Waals surface area contributed by atoms with E-state index in [0.717, 1.165) is 0 Å². The molecular formula is H8Ni2O6-. The van der Waals surface area contributed by atoms with Crippen LogP contribution >= 0.6 is 0 Å². The van der Waals surface area contributed by atoms with Crippen LogP contribution in [0, 0.1) is 0 Å². The van der Waals surface area contributed by atoms with E-state index in [0.29, 0.717) is 0 Å². The normalized spacial score (nSPS) is 2.62. The third kappa shape index (κ3) is 597. The second-order valence-corrected chi connectivity index (χ2v) is 0.238. The van der Waals surface area contributed by atoms with E-state index < -0.39 is 14.7 Å². The molecule has 0 aliphatic carbocycles. The molecule has 0 aromatic heterocycles. The van der Waals surface area contributed by atoms with Crippen LogP contribution in [0.15, 0.2) is 0 Å². The van der Waals surface area contributed by atoms with E-state index in [9.17, 15) is 0 Å². The Morgan fingerprint density at radius 3 is 1.12 bits per heavy atom. The number of hydrogen-bond acceptors (Lipinski definition) is 2. The Morgan fingerprint density at radius 1 is 1.12 bits per heavy atom. The zero-order valence-electron chi connectivity index (χ0n) is 3.44. The minimum absolute atomic E-state index is 0. The summed E-state index contributed by atoms with van der Waals surface area (Å²) >= 11 is -0.625. The maximum absolute atomic E-state index is 8.42. The minimum atomic E-state index is -0.625. The van der Waals surface area contributed by atoms with Gasteiger partial charge in [-0.15, -0.1) is 0 Å². The van der Waals surface area contributed by atoms with Crippen LogP contribution in [0.4, 0.5) is 0 Å². The van der Waals surface area contributed by atoms with E-state index in [1.807, 2.05) is 0 Å². The Balaban J connectivity index is -0.00000000200. The van der Waals surface area contributed by atoms with Gasteiger partial charge in [-0.2, -0.15) is 0 Å². The van der Waals surface area contributed by atoms with Gasteiger partial charge in [0.25, 0.3) is 0 Å². The summed E-state index contributed by atoms with van der Waals surface area (Å²) < 4.78 is 15.4. The van der Waals surface area contributed by atoms with Crippen LogP contribution in [0.2, 0.25) is 0 Å². The standard InChI is InChI=1S/2Ni.5H2O.O/h;;5*1H2;/q;+1;;;;;;/p-2. The predicted octanol–water partition coefficient (Wildman–Crippen LogP) is -3.33. The molecule has 65 valence electrons. The number of rotatable bonds is 0. The zero-order valence-corrected chi connectivity index (χ0v) is 5.41. The molecule has 0 amide bonds. The summed E-state index contributed by atoms with van der Waals surface area (Å²) in [7, 11) is 0. The third-order valence-electron chi connectivity index (χ3n) is 0. The van der Waals surface area contributed by atoms with E-state index in [1.165, 1.54) is 0 Å². The molecule has 0 radical (unpaired) electrons. The first-order chi connectivity index (χ1) is 1.41. The van der Waals surface area contributed by atoms with Crippen molar-refractivity contribution in [2.75, 3.05) is 0 Å². The van der Waals surface area contributed by atoms with Gasteiger partial charge in [0.1, 0.15) is 0 Å². The average Bonchev–Trinajstić information content (AvgIpc) is 0.918. The summed E-state index contributed by atoms with van der Waals surface area (Å²) in [5, 5.41) is 0. The van der Waals surface area contributed by atoms with E-state index in [4.69, 9.17) is 8.15 Å². The summed E-state index contributed by atoms with van der Waals surface area (Å²) in [6, 6.07) is 0. The molecule has 0 bridgehead atoms. The molecule has 0 atom stereocenters. The van der Waals surface area contributed by atoms with Gasteiger partial charge in [0.15, 0.2) is 0 Å². The Morgan fingerprint density at radius 2 is 1.12 bits per heavy atom. The molecule has 0 saturated heterocycles. The molecule has 0 aliphatic heterocycles. The van der Waals surface area contributed by atoms with Crippen molar-refractivity contribution < 1.29 is 61.2 Å². The summed E-state index contributed by atoms with van der Waals surface area (Å²) in [4.78, 5) is 0. The average molecular weight is 221 g/mol. The first-order valence-corrected chi connectivity index (χ1v) is 1.12. The molecule has 8 N–H and O–H groups in total. The maximum atomic E-state index is 8.42. The number of hydrogen-bond donors (Lipinski definition) is 1. The van der Waals surface area contributed by atoms with Gasteiger partial charge in [0.2, 0.25) is 0 Å². The summed E-state index contributed by atoms with van der Waals surface area (Å²) in [5.74, 6) is 0. The first kappa shape index (κ1) is 73.9. The van der Waals surface area contributed by atoms with Crippen LogP contribution < -0.4 is 0 Å². The Bertz CT molecular complexity index is 14.0. The Kier molecular flexibility index (Phi) is 1210. The predicted molar refractivity (Wildman–Crippen MR) is 15.7 cm³/mol. The van der Waals surface area contributed by atoms with Crippen molar-refractivity contribution in [3.8, 4) is 0 Å². The molecule has 0 fully saturated rings. The molecular weight excluding hydrogens is 213 g/mol. The Hall–Kier alpha value is 0.587. The van der Waals surface area contributed by atoms with E-state index >= 15 is 0 Å². The molecule has 0 aromatic carbocycles. The van der Waals surface area contributed by atoms with Gasteiger partial charge in [-0.25, -0.2) is 0 Å². The van der Waals surface area contributed by atoms with Crippen molar-refractivity contribution in [3.05, 3.63) is 0 Å². The molecule has 0 saturated carbocycles. The van der Waals surface area contributed by atoms with Gasteiger partial charge in [0, 0.05) is 16.5 Å². The van der Waals surface area contributed by atoms with Crippen LogP contribution in [-0.4, -0.2) is 26.2 Å². The van der Waals surface area contributed by atoms with Crippen LogP contribution in [-0.2, 0) is 35.1 Å². The molecule has 0 spiro atoms. The quantitative estimate of drug-likeness (QED) is 0.424. The molecule has 6 nitrogen and oxygen atoms in total. The van der Waals surface area contributed by atoms with Gasteiger partial charge < -0.3 is 21.9 Å². The molecule has 0 unspecified atom stereocenters. The molecule has 0 aromatic rings. The summed E-state index contributed by atoms with van der Waals surface area (Å²) in [6.07, 6.45) is 0. The molecule has 8 heavy (non-hydrogen) atoms. The van der Waals surface area contributed by atoms with Crippen molar-refractivity contribution in [1.82, 2.24) is 0 Å². The molecule has 0 heterocycles. The van der Waals surface area contributed by atoms with Gasteiger partial charge >= 0.3 is 22.8 Å². The second-order valence-electron chi connectivity index (χ2n) is 0.0577. The SMILES string of the molecule is O.O.O.[Ni].[OH-].[O]=[Ni][OH]. The van der Waals surface area contributed by atoms with Crippen molar-refractivity contribution in [3.63, 3.8) is 0 Å². The second kappa shape index (κ2) is 131. The molecule has 0 rings (SSSR count). The van der Waals surface area contributed by atoms with E-state index in [-0.39, 0.29) is 38.4 Å². The van der Waals surface area contributed by atoms with Crippen molar-refractivity contribution in [1.29, 1.82) is 0 Å². The Labute approximate surface area is 61.7 Å². The van der Waals surface area contributed by atoms with Crippen LogP contribution in [0.25, 0.3) is 0 Å². The van der Waals surface area contributed by atoms with Crippen molar-refractivity contribution in [2.45, 2.75) is 0 Å². The topological polar surface area (TPSA) is 162 Å². The van der Waals surface area contributed by atoms with Crippen molar-refractivity contribution >= 4 is 0 Å². The first-order valence-electron chi connectivity index (χ1n) is 0.271. The van der Waals surface area contributed by atoms with Gasteiger partial charge in [-0.05, 0) is 0 Å². The van der Waals surface area contributed by atoms with Crippen molar-refractivity contribution in [2.24, 2.45) is 0 Å². The van der Waals surface area contributed by atoms with E-state index in [1.54, 1.807) is 0 Å². The monoisotopic (exact) mass is 220 g/mol. The molecule has 8 heteroatoms. The van der Waals surface area contributed by atoms with Gasteiger partial charge in [-0.3, -0.25) is 0 Å². The zero-order chi connectivity index (χ0) is 2.71. The summed E-state index contributed by atoms with van der Waals surface area (Å²) in [6.45, 7) is 0. The van der Waals surface area contributed by atoms with E-state index in [2.05, 4.69) is 0 Å². The van der Waals surface area contributed by atoms with Gasteiger partial charge in [0.05, 0.1) is 0 Å².